The van der Waals surface area contributed by atoms with Crippen LogP contribution in [0.2, 0.25) is 0 Å². The molecule has 0 aliphatic carbocycles. The fraction of sp³-hybridized carbons (Fsp3) is 0.875. The Bertz CT molecular complexity index is 365. The molecule has 0 unspecified atom stereocenters. The van der Waals surface area contributed by atoms with Crippen molar-refractivity contribution in [1.82, 2.24) is 0 Å². The molecule has 1 fully saturated rings. The van der Waals surface area contributed by atoms with Gasteiger partial charge in [-0.3, -0.25) is 0 Å². The number of sulfone groups is 1. The largest absolute Gasteiger partial charge is 0.458 e. The van der Waals surface area contributed by atoms with E-state index in [0.717, 1.165) is 0 Å². The van der Waals surface area contributed by atoms with Crippen molar-refractivity contribution in [2.24, 2.45) is 0 Å². The van der Waals surface area contributed by atoms with E-state index in [9.17, 15) is 13.2 Å². The van der Waals surface area contributed by atoms with Crippen LogP contribution < -0.4 is 4.90 Å². The molecule has 5 nitrogen and oxygen atoms in total. The SMILES string of the molecule is O=C(OCC[NH+]1CCS(=O)(=O)CC1)C(I)(I)I. The molecule has 1 rings (SSSR count). The minimum atomic E-state index is -2.81. The molecule has 0 atom stereocenters. The lowest BCUT2D eigenvalue weighted by Gasteiger charge is -2.23. The number of rotatable bonds is 4. The summed E-state index contributed by atoms with van der Waals surface area (Å²) in [6.07, 6.45) is 0. The number of hydrogen-bond donors (Lipinski definition) is 1. The van der Waals surface area contributed by atoms with Gasteiger partial charge in [0.05, 0.1) is 24.6 Å². The third-order valence-electron chi connectivity index (χ3n) is 2.45. The Hall–Kier alpha value is 1.57. The maximum Gasteiger partial charge on any atom is 0.342 e. The van der Waals surface area contributed by atoms with Crippen LogP contribution in [0.5, 0.6) is 0 Å². The van der Waals surface area contributed by atoms with Crippen LogP contribution in [0.15, 0.2) is 0 Å². The fourth-order valence-electron chi connectivity index (χ4n) is 1.45. The number of quaternary nitrogens is 1. The Morgan fingerprint density at radius 2 is 1.76 bits per heavy atom. The van der Waals surface area contributed by atoms with Crippen LogP contribution in [0, 0.1) is 0 Å². The van der Waals surface area contributed by atoms with E-state index in [2.05, 4.69) is 0 Å². The van der Waals surface area contributed by atoms with Crippen molar-refractivity contribution in [3.63, 3.8) is 0 Å². The van der Waals surface area contributed by atoms with Gasteiger partial charge in [0.2, 0.25) is -0.565 Å². The fourth-order valence-corrected chi connectivity index (χ4v) is 3.32. The van der Waals surface area contributed by atoms with Gasteiger partial charge in [-0.15, -0.1) is 0 Å². The second-order valence-electron chi connectivity index (χ2n) is 3.79. The van der Waals surface area contributed by atoms with E-state index in [1.807, 2.05) is 67.8 Å². The molecule has 0 bridgehead atoms. The molecular weight excluding hydrogens is 587 g/mol. The number of alkyl halides is 3. The summed E-state index contributed by atoms with van der Waals surface area (Å²) in [6.45, 7) is 2.26. The molecule has 0 aromatic rings. The Morgan fingerprint density at radius 3 is 2.24 bits per heavy atom. The maximum atomic E-state index is 11.5. The molecule has 100 valence electrons. The first-order chi connectivity index (χ1) is 7.71. The Morgan fingerprint density at radius 1 is 1.24 bits per heavy atom. The van der Waals surface area contributed by atoms with Gasteiger partial charge in [0.25, 0.3) is 0 Å². The van der Waals surface area contributed by atoms with Crippen molar-refractivity contribution < 1.29 is 22.8 Å². The molecule has 17 heavy (non-hydrogen) atoms. The third-order valence-corrected chi connectivity index (χ3v) is 5.43. The number of esters is 1. The number of halogens is 3. The summed E-state index contributed by atoms with van der Waals surface area (Å²) in [6, 6.07) is 0. The predicted octanol–water partition coefficient (Wildman–Crippen LogP) is -0.198. The van der Waals surface area contributed by atoms with Crippen LogP contribution in [0.4, 0.5) is 0 Å². The first-order valence-electron chi connectivity index (χ1n) is 4.99. The molecule has 0 amide bonds. The highest BCUT2D eigenvalue weighted by Crippen LogP contribution is 2.36. The van der Waals surface area contributed by atoms with Crippen LogP contribution in [0.3, 0.4) is 0 Å². The highest BCUT2D eigenvalue weighted by atomic mass is 127. The van der Waals surface area contributed by atoms with Crippen LogP contribution in [0.25, 0.3) is 0 Å². The Balaban J connectivity index is 2.23. The molecule has 1 saturated heterocycles. The molecule has 0 spiro atoms. The molecule has 1 aliphatic rings. The number of ether oxygens (including phenoxy) is 1. The summed E-state index contributed by atoms with van der Waals surface area (Å²) in [5.74, 6) is 0.235. The Labute approximate surface area is 142 Å². The van der Waals surface area contributed by atoms with Gasteiger partial charge in [-0.05, 0) is 67.8 Å². The van der Waals surface area contributed by atoms with Gasteiger partial charge < -0.3 is 9.64 Å². The predicted molar refractivity (Wildman–Crippen MR) is 90.0 cm³/mol. The van der Waals surface area contributed by atoms with Gasteiger partial charge in [-0.1, -0.05) is 0 Å². The van der Waals surface area contributed by atoms with Crippen LogP contribution >= 0.6 is 67.8 Å². The normalized spacial score (nSPS) is 21.1. The lowest BCUT2D eigenvalue weighted by Crippen LogP contribution is -3.14. The monoisotopic (exact) mass is 600 g/mol. The number of hydrogen-bond acceptors (Lipinski definition) is 4. The third kappa shape index (κ3) is 6.51. The standard InChI is InChI=1S/C8H12I3NO4S/c9-8(10,11)7(13)16-4-1-12-2-5-17(14,15)6-3-12/h1-6H2/p+1. The van der Waals surface area contributed by atoms with Gasteiger partial charge in [0.15, 0.2) is 9.84 Å². The minimum Gasteiger partial charge on any atom is -0.458 e. The van der Waals surface area contributed by atoms with Crippen LogP contribution in [-0.4, -0.2) is 51.6 Å². The lowest BCUT2D eigenvalue weighted by molar-refractivity contribution is -0.896. The van der Waals surface area contributed by atoms with E-state index in [-0.39, 0.29) is 17.5 Å². The Kier molecular flexibility index (Phi) is 6.68. The van der Waals surface area contributed by atoms with E-state index in [1.54, 1.807) is 0 Å². The molecule has 9 heteroatoms. The summed E-state index contributed by atoms with van der Waals surface area (Å²) in [5.41, 5.74) is 0. The van der Waals surface area contributed by atoms with E-state index in [0.29, 0.717) is 26.2 Å². The van der Waals surface area contributed by atoms with E-state index in [1.165, 1.54) is 4.90 Å². The van der Waals surface area contributed by atoms with Crippen molar-refractivity contribution in [3.8, 4) is 0 Å². The highest BCUT2D eigenvalue weighted by molar-refractivity contribution is 14.3. The van der Waals surface area contributed by atoms with Gasteiger partial charge in [0, 0.05) is 0 Å². The number of carbonyl (C=O) groups excluding carboxylic acids is 1. The molecule has 1 N–H and O–H groups in total. The molecule has 1 aliphatic heterocycles. The number of nitrogens with one attached hydrogen (secondary N) is 1. The molecule has 0 aromatic carbocycles. The van der Waals surface area contributed by atoms with Crippen molar-refractivity contribution >= 4 is 83.6 Å². The zero-order chi connectivity index (χ0) is 13.1. The first kappa shape index (κ1) is 16.6. The first-order valence-corrected chi connectivity index (χ1v) is 10.0. The molecular formula is C8H13I3NO4S+. The molecule has 0 radical (unpaired) electrons. The summed E-state index contributed by atoms with van der Waals surface area (Å²) in [4.78, 5) is 12.6. The van der Waals surface area contributed by atoms with E-state index in [4.69, 9.17) is 4.74 Å². The van der Waals surface area contributed by atoms with Crippen molar-refractivity contribution in [3.05, 3.63) is 0 Å². The summed E-state index contributed by atoms with van der Waals surface area (Å²) in [5, 5.41) is 0. The van der Waals surface area contributed by atoms with Gasteiger partial charge in [-0.25, -0.2) is 13.2 Å². The van der Waals surface area contributed by atoms with Gasteiger partial charge >= 0.3 is 5.97 Å². The second-order valence-corrected chi connectivity index (χ2v) is 17.1. The lowest BCUT2D eigenvalue weighted by atomic mass is 10.5. The second kappa shape index (κ2) is 6.83. The van der Waals surface area contributed by atoms with Crippen LogP contribution in [0.1, 0.15) is 0 Å². The average molecular weight is 600 g/mol. The quantitative estimate of drug-likeness (QED) is 0.276. The summed E-state index contributed by atoms with van der Waals surface area (Å²) < 4.78 is 27.0. The van der Waals surface area contributed by atoms with Gasteiger partial charge in [0.1, 0.15) is 13.2 Å². The van der Waals surface area contributed by atoms with Gasteiger partial charge in [-0.2, -0.15) is 0 Å². The molecule has 1 heterocycles. The van der Waals surface area contributed by atoms with Crippen molar-refractivity contribution in [2.45, 2.75) is -0.565 Å². The van der Waals surface area contributed by atoms with Crippen molar-refractivity contribution in [1.29, 1.82) is 0 Å². The van der Waals surface area contributed by atoms with E-state index >= 15 is 0 Å². The zero-order valence-corrected chi connectivity index (χ0v) is 16.2. The topological polar surface area (TPSA) is 64.9 Å². The highest BCUT2D eigenvalue weighted by Gasteiger charge is 2.30. The summed E-state index contributed by atoms with van der Waals surface area (Å²) in [7, 11) is -2.81. The van der Waals surface area contributed by atoms with Crippen molar-refractivity contribution in [2.75, 3.05) is 37.7 Å². The van der Waals surface area contributed by atoms with Crippen LogP contribution in [-0.2, 0) is 19.4 Å². The summed E-state index contributed by atoms with van der Waals surface area (Å²) >= 11 is 6.04. The maximum absolute atomic E-state index is 11.5. The average Bonchev–Trinajstić information content (AvgIpc) is 2.19. The number of carbonyl (C=O) groups is 1. The minimum absolute atomic E-state index is 0.241. The molecule has 0 saturated carbocycles. The molecule has 0 aromatic heterocycles. The van der Waals surface area contributed by atoms with E-state index < -0.39 is 9.27 Å². The zero-order valence-electron chi connectivity index (χ0n) is 8.92. The smallest absolute Gasteiger partial charge is 0.342 e.